The van der Waals surface area contributed by atoms with Crippen molar-refractivity contribution in [2.75, 3.05) is 0 Å². The van der Waals surface area contributed by atoms with Gasteiger partial charge in [-0.05, 0) is 47.7 Å². The smallest absolute Gasteiger partial charge is 0.254 e. The fourth-order valence-electron chi connectivity index (χ4n) is 2.44. The second kappa shape index (κ2) is 5.80. The van der Waals surface area contributed by atoms with Gasteiger partial charge in [-0.3, -0.25) is 4.79 Å². The summed E-state index contributed by atoms with van der Waals surface area (Å²) >= 11 is 2.96. The zero-order chi connectivity index (χ0) is 15.7. The molecule has 1 aromatic carbocycles. The van der Waals surface area contributed by atoms with Gasteiger partial charge in [0.2, 0.25) is 0 Å². The molecule has 1 aromatic rings. The van der Waals surface area contributed by atoms with E-state index in [9.17, 15) is 13.6 Å². The Labute approximate surface area is 127 Å². The number of carbonyl (C=O) groups excluding carboxylic acids is 1. The van der Waals surface area contributed by atoms with Gasteiger partial charge in [0.25, 0.3) is 5.91 Å². The molecule has 0 aliphatic rings. The summed E-state index contributed by atoms with van der Waals surface area (Å²) in [6, 6.07) is 1.86. The monoisotopic (exact) mass is 347 g/mol. The van der Waals surface area contributed by atoms with E-state index in [0.717, 1.165) is 12.5 Å². The van der Waals surface area contributed by atoms with Crippen LogP contribution in [-0.2, 0) is 0 Å². The number of benzene rings is 1. The molecule has 20 heavy (non-hydrogen) atoms. The minimum absolute atomic E-state index is 0.0265. The van der Waals surface area contributed by atoms with Crippen molar-refractivity contribution in [2.24, 2.45) is 5.41 Å². The van der Waals surface area contributed by atoms with Gasteiger partial charge < -0.3 is 5.32 Å². The molecule has 0 spiro atoms. The number of halogens is 3. The van der Waals surface area contributed by atoms with Gasteiger partial charge in [0, 0.05) is 11.6 Å². The van der Waals surface area contributed by atoms with E-state index in [2.05, 4.69) is 42.0 Å². The molecule has 0 saturated carbocycles. The van der Waals surface area contributed by atoms with Crippen LogP contribution in [0.3, 0.4) is 0 Å². The lowest BCUT2D eigenvalue weighted by Gasteiger charge is -2.33. The summed E-state index contributed by atoms with van der Waals surface area (Å²) < 4.78 is 26.9. The molecule has 0 aliphatic carbocycles. The number of carbonyl (C=O) groups is 1. The third-order valence-electron chi connectivity index (χ3n) is 2.68. The van der Waals surface area contributed by atoms with Gasteiger partial charge in [0.1, 0.15) is 11.6 Å². The zero-order valence-electron chi connectivity index (χ0n) is 12.4. The molecule has 0 aliphatic heterocycles. The number of rotatable bonds is 3. The molecule has 0 unspecified atom stereocenters. The summed E-state index contributed by atoms with van der Waals surface area (Å²) in [7, 11) is 0. The normalized spacial score (nSPS) is 12.4. The summed E-state index contributed by atoms with van der Waals surface area (Å²) in [4.78, 5) is 12.1. The Kier molecular flexibility index (Phi) is 4.95. The molecule has 5 heteroatoms. The lowest BCUT2D eigenvalue weighted by Crippen LogP contribution is -2.46. The van der Waals surface area contributed by atoms with Crippen molar-refractivity contribution >= 4 is 21.8 Å². The molecule has 2 nitrogen and oxygen atoms in total. The maximum absolute atomic E-state index is 13.7. The number of amides is 1. The molecule has 0 fully saturated rings. The SMILES string of the molecule is CC(C)(C)CC(C)(C)NC(=O)c1cc(Br)c(F)cc1F. The van der Waals surface area contributed by atoms with E-state index in [4.69, 9.17) is 0 Å². The number of hydrogen-bond acceptors (Lipinski definition) is 1. The van der Waals surface area contributed by atoms with E-state index in [1.807, 2.05) is 13.8 Å². The van der Waals surface area contributed by atoms with Gasteiger partial charge in [0.15, 0.2) is 0 Å². The lowest BCUT2D eigenvalue weighted by molar-refractivity contribution is 0.0887. The van der Waals surface area contributed by atoms with Crippen molar-refractivity contribution in [3.8, 4) is 0 Å². The third kappa shape index (κ3) is 4.85. The second-order valence-electron chi connectivity index (χ2n) is 6.82. The Hall–Kier alpha value is -0.970. The molecule has 0 bridgehead atoms. The van der Waals surface area contributed by atoms with Crippen LogP contribution < -0.4 is 5.32 Å². The Morgan fingerprint density at radius 1 is 1.15 bits per heavy atom. The molecule has 1 amide bonds. The summed E-state index contributed by atoms with van der Waals surface area (Å²) in [5, 5.41) is 2.79. The Balaban J connectivity index is 2.94. The van der Waals surface area contributed by atoms with Crippen LogP contribution >= 0.6 is 15.9 Å². The van der Waals surface area contributed by atoms with Gasteiger partial charge in [0.05, 0.1) is 10.0 Å². The average molecular weight is 348 g/mol. The van der Waals surface area contributed by atoms with Crippen LogP contribution in [0.2, 0.25) is 0 Å². The van der Waals surface area contributed by atoms with Gasteiger partial charge in [-0.25, -0.2) is 8.78 Å². The highest BCUT2D eigenvalue weighted by atomic mass is 79.9. The van der Waals surface area contributed by atoms with E-state index >= 15 is 0 Å². The van der Waals surface area contributed by atoms with E-state index in [0.29, 0.717) is 6.07 Å². The van der Waals surface area contributed by atoms with Crippen LogP contribution in [-0.4, -0.2) is 11.4 Å². The first-order valence-electron chi connectivity index (χ1n) is 6.38. The van der Waals surface area contributed by atoms with Crippen LogP contribution in [0.25, 0.3) is 0 Å². The molecule has 0 aromatic heterocycles. The quantitative estimate of drug-likeness (QED) is 0.790. The first kappa shape index (κ1) is 17.1. The highest BCUT2D eigenvalue weighted by Crippen LogP contribution is 2.27. The highest BCUT2D eigenvalue weighted by Gasteiger charge is 2.28. The van der Waals surface area contributed by atoms with Crippen LogP contribution in [0.15, 0.2) is 16.6 Å². The molecule has 1 N–H and O–H groups in total. The van der Waals surface area contributed by atoms with Crippen molar-refractivity contribution in [3.63, 3.8) is 0 Å². The van der Waals surface area contributed by atoms with Crippen LogP contribution in [0, 0.1) is 17.0 Å². The first-order chi connectivity index (χ1) is 8.91. The van der Waals surface area contributed by atoms with E-state index in [1.165, 1.54) is 0 Å². The second-order valence-corrected chi connectivity index (χ2v) is 7.68. The van der Waals surface area contributed by atoms with Crippen molar-refractivity contribution in [3.05, 3.63) is 33.8 Å². The minimum atomic E-state index is -0.866. The third-order valence-corrected chi connectivity index (χ3v) is 3.29. The summed E-state index contributed by atoms with van der Waals surface area (Å²) in [5.74, 6) is -2.14. The van der Waals surface area contributed by atoms with E-state index in [-0.39, 0.29) is 15.5 Å². The van der Waals surface area contributed by atoms with Gasteiger partial charge >= 0.3 is 0 Å². The highest BCUT2D eigenvalue weighted by molar-refractivity contribution is 9.10. The summed E-state index contributed by atoms with van der Waals surface area (Å²) in [6.07, 6.45) is 0.732. The van der Waals surface area contributed by atoms with Crippen LogP contribution in [0.1, 0.15) is 51.4 Å². The molecule has 0 heterocycles. The predicted octanol–water partition coefficient (Wildman–Crippen LogP) is 4.67. The van der Waals surface area contributed by atoms with Crippen molar-refractivity contribution < 1.29 is 13.6 Å². The maximum atomic E-state index is 13.7. The zero-order valence-corrected chi connectivity index (χ0v) is 14.0. The molecule has 1 rings (SSSR count). The average Bonchev–Trinajstić information content (AvgIpc) is 2.18. The Morgan fingerprint density at radius 3 is 2.20 bits per heavy atom. The molecule has 0 atom stereocenters. The number of hydrogen-bond donors (Lipinski definition) is 1. The van der Waals surface area contributed by atoms with Crippen LogP contribution in [0.5, 0.6) is 0 Å². The Morgan fingerprint density at radius 2 is 1.70 bits per heavy atom. The minimum Gasteiger partial charge on any atom is -0.347 e. The van der Waals surface area contributed by atoms with Crippen molar-refractivity contribution in [1.29, 1.82) is 0 Å². The van der Waals surface area contributed by atoms with Crippen molar-refractivity contribution in [1.82, 2.24) is 5.32 Å². The molecular formula is C15H20BrF2NO. The van der Waals surface area contributed by atoms with Crippen LogP contribution in [0.4, 0.5) is 8.78 Å². The topological polar surface area (TPSA) is 29.1 Å². The lowest BCUT2D eigenvalue weighted by atomic mass is 9.81. The fourth-order valence-corrected chi connectivity index (χ4v) is 2.78. The summed E-state index contributed by atoms with van der Waals surface area (Å²) in [5.41, 5.74) is -0.623. The number of nitrogens with one attached hydrogen (secondary N) is 1. The predicted molar refractivity (Wildman–Crippen MR) is 79.7 cm³/mol. The maximum Gasteiger partial charge on any atom is 0.254 e. The van der Waals surface area contributed by atoms with Gasteiger partial charge in [-0.15, -0.1) is 0 Å². The molecule has 0 radical (unpaired) electrons. The van der Waals surface area contributed by atoms with Gasteiger partial charge in [-0.1, -0.05) is 20.8 Å². The van der Waals surface area contributed by atoms with Gasteiger partial charge in [-0.2, -0.15) is 0 Å². The molecule has 0 saturated heterocycles. The molecule has 112 valence electrons. The van der Waals surface area contributed by atoms with Crippen molar-refractivity contribution in [2.45, 2.75) is 46.6 Å². The fraction of sp³-hybridized carbons (Fsp3) is 0.533. The molecular weight excluding hydrogens is 328 g/mol. The first-order valence-corrected chi connectivity index (χ1v) is 7.18. The summed E-state index contributed by atoms with van der Waals surface area (Å²) in [6.45, 7) is 9.96. The largest absolute Gasteiger partial charge is 0.347 e. The Bertz CT molecular complexity index is 521. The van der Waals surface area contributed by atoms with E-state index in [1.54, 1.807) is 0 Å². The standard InChI is InChI=1S/C15H20BrF2NO/c1-14(2,3)8-15(4,5)19-13(20)9-6-10(16)12(18)7-11(9)17/h6-7H,8H2,1-5H3,(H,19,20). The van der Waals surface area contributed by atoms with E-state index < -0.39 is 23.1 Å².